The van der Waals surface area contributed by atoms with Gasteiger partial charge in [-0.2, -0.15) is 4.98 Å². The Bertz CT molecular complexity index is 1120. The topological polar surface area (TPSA) is 63.4 Å². The molecule has 1 aliphatic rings. The number of aromatic nitrogens is 2. The third-order valence-corrected chi connectivity index (χ3v) is 5.76. The molecule has 6 nitrogen and oxygen atoms in total. The fourth-order valence-electron chi connectivity index (χ4n) is 3.83. The molecule has 1 atom stereocenters. The summed E-state index contributed by atoms with van der Waals surface area (Å²) < 4.78 is 11.1. The number of ether oxygens (including phenoxy) is 1. The van der Waals surface area contributed by atoms with Crippen LogP contribution in [0.4, 0.5) is 0 Å². The first kappa shape index (κ1) is 21.1. The Morgan fingerprint density at radius 2 is 1.94 bits per heavy atom. The molecule has 0 fully saturated rings. The zero-order valence-electron chi connectivity index (χ0n) is 18.2. The number of nitrogens with one attached hydrogen (secondary N) is 1. The first-order valence-electron chi connectivity index (χ1n) is 10.4. The highest BCUT2D eigenvalue weighted by Crippen LogP contribution is 2.37. The minimum atomic E-state index is -0.197. The SMILES string of the molecule is CCCN1C(=S)NC(c2ccc(OC)cc2)C(c2nc(-c3cccc(C)c3)no2)=C1C. The van der Waals surface area contributed by atoms with Crippen molar-refractivity contribution >= 4 is 22.9 Å². The van der Waals surface area contributed by atoms with Gasteiger partial charge in [-0.3, -0.25) is 0 Å². The lowest BCUT2D eigenvalue weighted by Crippen LogP contribution is -2.46. The van der Waals surface area contributed by atoms with E-state index >= 15 is 0 Å². The van der Waals surface area contributed by atoms with E-state index in [4.69, 9.17) is 26.5 Å². The Hall–Kier alpha value is -3.19. The highest BCUT2D eigenvalue weighted by atomic mass is 32.1. The van der Waals surface area contributed by atoms with Crippen molar-refractivity contribution in [2.75, 3.05) is 13.7 Å². The molecule has 0 amide bonds. The van der Waals surface area contributed by atoms with Crippen LogP contribution in [0.1, 0.15) is 43.3 Å². The zero-order valence-corrected chi connectivity index (χ0v) is 19.0. The van der Waals surface area contributed by atoms with E-state index in [-0.39, 0.29) is 6.04 Å². The van der Waals surface area contributed by atoms with Crippen LogP contribution in [-0.2, 0) is 0 Å². The molecule has 1 aromatic heterocycles. The van der Waals surface area contributed by atoms with Gasteiger partial charge in [-0.1, -0.05) is 48.0 Å². The fourth-order valence-corrected chi connectivity index (χ4v) is 4.18. The molecule has 0 bridgehead atoms. The molecule has 4 rings (SSSR count). The molecule has 3 aromatic rings. The van der Waals surface area contributed by atoms with Crippen molar-refractivity contribution in [1.29, 1.82) is 0 Å². The number of methoxy groups -OCH3 is 1. The van der Waals surface area contributed by atoms with Gasteiger partial charge < -0.3 is 19.5 Å². The molecule has 0 aliphatic carbocycles. The Kier molecular flexibility index (Phi) is 6.04. The maximum Gasteiger partial charge on any atom is 0.258 e. The molecule has 1 N–H and O–H groups in total. The summed E-state index contributed by atoms with van der Waals surface area (Å²) in [6.07, 6.45) is 0.970. The van der Waals surface area contributed by atoms with Gasteiger partial charge in [0.2, 0.25) is 5.82 Å². The molecule has 0 saturated heterocycles. The van der Waals surface area contributed by atoms with Crippen LogP contribution >= 0.6 is 12.2 Å². The first-order chi connectivity index (χ1) is 15.0. The number of rotatable bonds is 6. The second kappa shape index (κ2) is 8.89. The monoisotopic (exact) mass is 434 g/mol. The summed E-state index contributed by atoms with van der Waals surface area (Å²) in [6.45, 7) is 7.06. The van der Waals surface area contributed by atoms with Crippen LogP contribution < -0.4 is 10.1 Å². The largest absolute Gasteiger partial charge is 0.497 e. The second-order valence-corrected chi connectivity index (χ2v) is 7.99. The number of thiocarbonyl (C=S) groups is 1. The van der Waals surface area contributed by atoms with E-state index in [2.05, 4.69) is 35.3 Å². The number of aryl methyl sites for hydroxylation is 1. The third kappa shape index (κ3) is 4.18. The van der Waals surface area contributed by atoms with Crippen LogP contribution in [0.5, 0.6) is 5.75 Å². The van der Waals surface area contributed by atoms with Crippen molar-refractivity contribution < 1.29 is 9.26 Å². The van der Waals surface area contributed by atoms with Gasteiger partial charge in [-0.25, -0.2) is 0 Å². The van der Waals surface area contributed by atoms with Crippen molar-refractivity contribution in [1.82, 2.24) is 20.4 Å². The molecule has 1 unspecified atom stereocenters. The van der Waals surface area contributed by atoms with E-state index < -0.39 is 0 Å². The van der Waals surface area contributed by atoms with Crippen LogP contribution in [0.15, 0.2) is 58.8 Å². The Morgan fingerprint density at radius 3 is 2.61 bits per heavy atom. The van der Waals surface area contributed by atoms with E-state index in [0.717, 1.165) is 46.7 Å². The summed E-state index contributed by atoms with van der Waals surface area (Å²) in [5.41, 5.74) is 5.07. The lowest BCUT2D eigenvalue weighted by atomic mass is 9.94. The standard InChI is InChI=1S/C24H26N4O2S/c1-5-13-28-16(3)20(21(25-24(28)31)17-9-11-19(29-4)12-10-17)23-26-22(27-30-23)18-8-6-7-15(2)14-18/h6-12,14,21H,5,13H2,1-4H3,(H,25,31). The molecule has 0 radical (unpaired) electrons. The van der Waals surface area contributed by atoms with Crippen LogP contribution in [0.2, 0.25) is 0 Å². The van der Waals surface area contributed by atoms with Crippen molar-refractivity contribution in [3.05, 3.63) is 71.2 Å². The molecule has 0 spiro atoms. The summed E-state index contributed by atoms with van der Waals surface area (Å²) in [4.78, 5) is 6.85. The molecule has 1 aliphatic heterocycles. The average Bonchev–Trinajstić information content (AvgIpc) is 3.26. The quantitative estimate of drug-likeness (QED) is 0.540. The van der Waals surface area contributed by atoms with Crippen LogP contribution in [0, 0.1) is 6.92 Å². The fraction of sp³-hybridized carbons (Fsp3) is 0.292. The van der Waals surface area contributed by atoms with E-state index in [0.29, 0.717) is 16.8 Å². The van der Waals surface area contributed by atoms with Crippen LogP contribution in [0.25, 0.3) is 17.0 Å². The van der Waals surface area contributed by atoms with E-state index in [1.807, 2.05) is 49.4 Å². The Balaban J connectivity index is 1.80. The highest BCUT2D eigenvalue weighted by Gasteiger charge is 2.33. The third-order valence-electron chi connectivity index (χ3n) is 5.43. The summed E-state index contributed by atoms with van der Waals surface area (Å²) in [7, 11) is 1.66. The van der Waals surface area contributed by atoms with Gasteiger partial charge in [0.25, 0.3) is 5.89 Å². The minimum Gasteiger partial charge on any atom is -0.497 e. The second-order valence-electron chi connectivity index (χ2n) is 7.60. The maximum absolute atomic E-state index is 5.77. The predicted molar refractivity (Wildman–Crippen MR) is 126 cm³/mol. The number of nitrogens with zero attached hydrogens (tertiary/aromatic N) is 3. The van der Waals surface area contributed by atoms with Gasteiger partial charge in [0.05, 0.1) is 18.7 Å². The lowest BCUT2D eigenvalue weighted by Gasteiger charge is -2.37. The molecule has 160 valence electrons. The van der Waals surface area contributed by atoms with Crippen LogP contribution in [-0.4, -0.2) is 33.8 Å². The van der Waals surface area contributed by atoms with E-state index in [1.54, 1.807) is 7.11 Å². The minimum absolute atomic E-state index is 0.197. The van der Waals surface area contributed by atoms with Gasteiger partial charge in [-0.15, -0.1) is 0 Å². The van der Waals surface area contributed by atoms with Crippen molar-refractivity contribution in [2.45, 2.75) is 33.2 Å². The number of hydrogen-bond donors (Lipinski definition) is 1. The van der Waals surface area contributed by atoms with Crippen LogP contribution in [0.3, 0.4) is 0 Å². The van der Waals surface area contributed by atoms with Gasteiger partial charge >= 0.3 is 0 Å². The summed E-state index contributed by atoms with van der Waals surface area (Å²) >= 11 is 5.68. The van der Waals surface area contributed by atoms with Gasteiger partial charge in [0.15, 0.2) is 5.11 Å². The Morgan fingerprint density at radius 1 is 1.16 bits per heavy atom. The summed E-state index contributed by atoms with van der Waals surface area (Å²) in [6, 6.07) is 15.8. The molecular formula is C24H26N4O2S. The number of hydrogen-bond acceptors (Lipinski definition) is 5. The normalized spacial score (nSPS) is 16.5. The Labute approximate surface area is 187 Å². The molecule has 0 saturated carbocycles. The van der Waals surface area contributed by atoms with Gasteiger partial charge in [-0.05, 0) is 56.2 Å². The number of benzene rings is 2. The van der Waals surface area contributed by atoms with E-state index in [1.165, 1.54) is 0 Å². The molecule has 7 heteroatoms. The lowest BCUT2D eigenvalue weighted by molar-refractivity contribution is 0.396. The van der Waals surface area contributed by atoms with Gasteiger partial charge in [0.1, 0.15) is 5.75 Å². The number of allylic oxidation sites excluding steroid dienone is 1. The van der Waals surface area contributed by atoms with E-state index in [9.17, 15) is 0 Å². The first-order valence-corrected chi connectivity index (χ1v) is 10.8. The molecule has 2 heterocycles. The molecular weight excluding hydrogens is 408 g/mol. The smallest absolute Gasteiger partial charge is 0.258 e. The van der Waals surface area contributed by atoms with Crippen molar-refractivity contribution in [3.63, 3.8) is 0 Å². The zero-order chi connectivity index (χ0) is 22.0. The summed E-state index contributed by atoms with van der Waals surface area (Å²) in [5.74, 6) is 1.87. The summed E-state index contributed by atoms with van der Waals surface area (Å²) in [5, 5.41) is 8.43. The predicted octanol–water partition coefficient (Wildman–Crippen LogP) is 5.13. The van der Waals surface area contributed by atoms with Crippen molar-refractivity contribution in [2.24, 2.45) is 0 Å². The van der Waals surface area contributed by atoms with Gasteiger partial charge in [0, 0.05) is 17.8 Å². The maximum atomic E-state index is 5.77. The molecule has 31 heavy (non-hydrogen) atoms. The molecule has 2 aromatic carbocycles. The highest BCUT2D eigenvalue weighted by molar-refractivity contribution is 7.80. The average molecular weight is 435 g/mol. The van der Waals surface area contributed by atoms with Crippen molar-refractivity contribution in [3.8, 4) is 17.1 Å².